The van der Waals surface area contributed by atoms with Crippen LogP contribution in [-0.4, -0.2) is 29.5 Å². The molecule has 1 aromatic rings. The zero-order chi connectivity index (χ0) is 15.6. The molecule has 0 saturated carbocycles. The second-order valence-corrected chi connectivity index (χ2v) is 6.92. The van der Waals surface area contributed by atoms with E-state index in [4.69, 9.17) is 15.2 Å². The van der Waals surface area contributed by atoms with Gasteiger partial charge in [-0.3, -0.25) is 0 Å². The lowest BCUT2D eigenvalue weighted by atomic mass is 10.00. The highest BCUT2D eigenvalue weighted by Gasteiger charge is 2.33. The molecule has 1 aliphatic rings. The van der Waals surface area contributed by atoms with E-state index in [0.717, 1.165) is 24.2 Å². The van der Waals surface area contributed by atoms with Crippen LogP contribution in [0.4, 0.5) is 0 Å². The lowest BCUT2D eigenvalue weighted by Crippen LogP contribution is -2.42. The van der Waals surface area contributed by atoms with Gasteiger partial charge in [0.25, 0.3) is 0 Å². The van der Waals surface area contributed by atoms with Crippen LogP contribution < -0.4 is 15.2 Å². The summed E-state index contributed by atoms with van der Waals surface area (Å²) in [4.78, 5) is 0. The molecule has 2 unspecified atom stereocenters. The zero-order valence-electron chi connectivity index (χ0n) is 13.4. The summed E-state index contributed by atoms with van der Waals surface area (Å²) in [6, 6.07) is 5.70. The molecule has 4 heteroatoms. The maximum absolute atomic E-state index is 9.58. The van der Waals surface area contributed by atoms with E-state index in [9.17, 15) is 5.11 Å². The van der Waals surface area contributed by atoms with Gasteiger partial charge in [-0.15, -0.1) is 0 Å². The van der Waals surface area contributed by atoms with Crippen molar-refractivity contribution in [3.8, 4) is 11.5 Å². The Hall–Kier alpha value is -1.26. The molecule has 0 aliphatic carbocycles. The predicted octanol–water partition coefficient (Wildman–Crippen LogP) is 2.51. The maximum atomic E-state index is 9.58. The summed E-state index contributed by atoms with van der Waals surface area (Å²) < 4.78 is 11.9. The van der Waals surface area contributed by atoms with E-state index in [1.165, 1.54) is 0 Å². The van der Waals surface area contributed by atoms with Crippen LogP contribution in [0.25, 0.3) is 0 Å². The van der Waals surface area contributed by atoms with E-state index < -0.39 is 6.10 Å². The molecule has 4 nitrogen and oxygen atoms in total. The van der Waals surface area contributed by atoms with Gasteiger partial charge in [-0.05, 0) is 32.3 Å². The van der Waals surface area contributed by atoms with E-state index in [2.05, 4.69) is 33.8 Å². The molecule has 0 spiro atoms. The van der Waals surface area contributed by atoms with Gasteiger partial charge in [-0.1, -0.05) is 26.0 Å². The van der Waals surface area contributed by atoms with E-state index in [1.54, 1.807) is 0 Å². The molecule has 1 heterocycles. The third kappa shape index (κ3) is 3.89. The Labute approximate surface area is 127 Å². The summed E-state index contributed by atoms with van der Waals surface area (Å²) in [5, 5.41) is 9.58. The topological polar surface area (TPSA) is 64.7 Å². The number of nitrogens with two attached hydrogens (primary N) is 1. The highest BCUT2D eigenvalue weighted by molar-refractivity contribution is 5.50. The van der Waals surface area contributed by atoms with Crippen LogP contribution in [0.1, 0.15) is 39.7 Å². The summed E-state index contributed by atoms with van der Waals surface area (Å²) in [5.41, 5.74) is 7.08. The van der Waals surface area contributed by atoms with Gasteiger partial charge in [0.1, 0.15) is 11.7 Å². The second kappa shape index (κ2) is 6.24. The fourth-order valence-electron chi connectivity index (χ4n) is 2.80. The molecule has 2 rings (SSSR count). The quantitative estimate of drug-likeness (QED) is 0.846. The monoisotopic (exact) mass is 293 g/mol. The average molecular weight is 293 g/mol. The van der Waals surface area contributed by atoms with E-state index in [0.29, 0.717) is 11.7 Å². The largest absolute Gasteiger partial charge is 0.483 e. The molecule has 1 aliphatic heterocycles. The van der Waals surface area contributed by atoms with Gasteiger partial charge in [-0.25, -0.2) is 0 Å². The minimum Gasteiger partial charge on any atom is -0.483 e. The Morgan fingerprint density at radius 3 is 2.71 bits per heavy atom. The van der Waals surface area contributed by atoms with Crippen molar-refractivity contribution < 1.29 is 14.6 Å². The van der Waals surface area contributed by atoms with Crippen LogP contribution in [0.2, 0.25) is 0 Å². The zero-order valence-corrected chi connectivity index (χ0v) is 13.4. The molecule has 0 bridgehead atoms. The van der Waals surface area contributed by atoms with Crippen LogP contribution in [0.15, 0.2) is 18.2 Å². The first-order valence-electron chi connectivity index (χ1n) is 7.66. The van der Waals surface area contributed by atoms with Crippen LogP contribution in [0.3, 0.4) is 0 Å². The Morgan fingerprint density at radius 1 is 1.38 bits per heavy atom. The molecule has 118 valence electrons. The SMILES string of the molecule is CC(C)CC(N)C(CO)Oc1cccc2c1OC(C)(C)C2. The summed E-state index contributed by atoms with van der Waals surface area (Å²) in [5.74, 6) is 1.93. The second-order valence-electron chi connectivity index (χ2n) is 6.92. The molecular weight excluding hydrogens is 266 g/mol. The number of hydrogen-bond donors (Lipinski definition) is 2. The molecule has 0 saturated heterocycles. The molecule has 0 fully saturated rings. The lowest BCUT2D eigenvalue weighted by molar-refractivity contribution is 0.0784. The maximum Gasteiger partial charge on any atom is 0.165 e. The minimum atomic E-state index is -0.411. The van der Waals surface area contributed by atoms with Crippen LogP contribution in [0, 0.1) is 5.92 Å². The van der Waals surface area contributed by atoms with Gasteiger partial charge in [-0.2, -0.15) is 0 Å². The highest BCUT2D eigenvalue weighted by Crippen LogP contribution is 2.42. The molecule has 3 N–H and O–H groups in total. The van der Waals surface area contributed by atoms with Gasteiger partial charge >= 0.3 is 0 Å². The fourth-order valence-corrected chi connectivity index (χ4v) is 2.80. The van der Waals surface area contributed by atoms with Crippen LogP contribution >= 0.6 is 0 Å². The smallest absolute Gasteiger partial charge is 0.165 e. The molecule has 0 aromatic heterocycles. The molecular formula is C17H27NO3. The number of para-hydroxylation sites is 1. The van der Waals surface area contributed by atoms with Gasteiger partial charge in [0.2, 0.25) is 0 Å². The minimum absolute atomic E-state index is 0.0963. The van der Waals surface area contributed by atoms with Crippen molar-refractivity contribution in [3.05, 3.63) is 23.8 Å². The number of aliphatic hydroxyl groups is 1. The lowest BCUT2D eigenvalue weighted by Gasteiger charge is -2.26. The fraction of sp³-hybridized carbons (Fsp3) is 0.647. The van der Waals surface area contributed by atoms with Crippen molar-refractivity contribution in [2.45, 2.75) is 58.3 Å². The van der Waals surface area contributed by atoms with Crippen molar-refractivity contribution >= 4 is 0 Å². The van der Waals surface area contributed by atoms with Crippen molar-refractivity contribution in [3.63, 3.8) is 0 Å². The predicted molar refractivity (Wildman–Crippen MR) is 83.8 cm³/mol. The number of ether oxygens (including phenoxy) is 2. The molecule has 21 heavy (non-hydrogen) atoms. The first kappa shape index (κ1) is 16.1. The molecule has 0 radical (unpaired) electrons. The normalized spacial score (nSPS) is 19.0. The third-order valence-corrected chi connectivity index (χ3v) is 3.73. The van der Waals surface area contributed by atoms with E-state index in [1.807, 2.05) is 12.1 Å². The van der Waals surface area contributed by atoms with Crippen molar-refractivity contribution in [1.29, 1.82) is 0 Å². The van der Waals surface area contributed by atoms with E-state index >= 15 is 0 Å². The summed E-state index contributed by atoms with van der Waals surface area (Å²) in [6.07, 6.45) is 1.26. The number of hydrogen-bond acceptors (Lipinski definition) is 4. The van der Waals surface area contributed by atoms with Gasteiger partial charge in [0.15, 0.2) is 11.5 Å². The van der Waals surface area contributed by atoms with Gasteiger partial charge in [0, 0.05) is 18.0 Å². The van der Waals surface area contributed by atoms with Crippen LogP contribution in [0.5, 0.6) is 11.5 Å². The third-order valence-electron chi connectivity index (χ3n) is 3.73. The summed E-state index contributed by atoms with van der Waals surface area (Å²) in [6.45, 7) is 8.25. The van der Waals surface area contributed by atoms with Crippen LogP contribution in [-0.2, 0) is 6.42 Å². The van der Waals surface area contributed by atoms with Gasteiger partial charge in [0.05, 0.1) is 6.61 Å². The highest BCUT2D eigenvalue weighted by atomic mass is 16.5. The molecule has 0 amide bonds. The summed E-state index contributed by atoms with van der Waals surface area (Å²) >= 11 is 0. The van der Waals surface area contributed by atoms with Crippen molar-refractivity contribution in [2.24, 2.45) is 11.7 Å². The van der Waals surface area contributed by atoms with Crippen molar-refractivity contribution in [2.75, 3.05) is 6.61 Å². The number of benzene rings is 1. The number of rotatable bonds is 6. The van der Waals surface area contributed by atoms with Gasteiger partial charge < -0.3 is 20.3 Å². The molecule has 1 aromatic carbocycles. The average Bonchev–Trinajstić information content (AvgIpc) is 2.69. The molecule has 2 atom stereocenters. The Bertz CT molecular complexity index is 485. The Kier molecular flexibility index (Phi) is 4.79. The standard InChI is InChI=1S/C17H27NO3/c1-11(2)8-13(18)15(10-19)20-14-7-5-6-12-9-17(3,4)21-16(12)14/h5-7,11,13,15,19H,8-10,18H2,1-4H3. The van der Waals surface area contributed by atoms with E-state index in [-0.39, 0.29) is 18.2 Å². The first-order chi connectivity index (χ1) is 9.82. The van der Waals surface area contributed by atoms with Crippen molar-refractivity contribution in [1.82, 2.24) is 0 Å². The Morgan fingerprint density at radius 2 is 2.10 bits per heavy atom. The first-order valence-corrected chi connectivity index (χ1v) is 7.66. The number of aliphatic hydroxyl groups excluding tert-OH is 1. The summed E-state index contributed by atoms with van der Waals surface area (Å²) in [7, 11) is 0. The Balaban J connectivity index is 2.15. The number of fused-ring (bicyclic) bond motifs is 1.